The van der Waals surface area contributed by atoms with E-state index in [1.807, 2.05) is 0 Å². The molecule has 1 aliphatic heterocycles. The first-order valence-corrected chi connectivity index (χ1v) is 8.03. The fourth-order valence-corrected chi connectivity index (χ4v) is 2.29. The van der Waals surface area contributed by atoms with Gasteiger partial charge in [-0.05, 0) is 0 Å². The van der Waals surface area contributed by atoms with E-state index in [1.165, 1.54) is 18.6 Å². The highest BCUT2D eigenvalue weighted by molar-refractivity contribution is 6.41. The highest BCUT2D eigenvalue weighted by atomic mass is 16.5. The Morgan fingerprint density at radius 1 is 1.27 bits per heavy atom. The monoisotopic (exact) mass is 365 g/mol. The summed E-state index contributed by atoms with van der Waals surface area (Å²) in [6.07, 6.45) is 3.24. The van der Waals surface area contributed by atoms with Crippen molar-refractivity contribution in [3.05, 3.63) is 24.3 Å². The van der Waals surface area contributed by atoms with Gasteiger partial charge in [-0.25, -0.2) is 4.98 Å². The highest BCUT2D eigenvalue weighted by Gasteiger charge is 2.28. The van der Waals surface area contributed by atoms with E-state index in [0.717, 1.165) is 0 Å². The molecule has 4 N–H and O–H groups in total. The van der Waals surface area contributed by atoms with Gasteiger partial charge in [0.2, 0.25) is 11.8 Å². The van der Waals surface area contributed by atoms with Crippen LogP contribution in [0.4, 0.5) is 0 Å². The number of hydrogen-bond acceptors (Lipinski definition) is 8. The molecule has 1 fully saturated rings. The van der Waals surface area contributed by atoms with E-state index in [-0.39, 0.29) is 18.0 Å². The first-order chi connectivity index (χ1) is 12.5. The number of amides is 3. The van der Waals surface area contributed by atoms with Gasteiger partial charge in [0.1, 0.15) is 11.7 Å². The van der Waals surface area contributed by atoms with Crippen LogP contribution in [0.25, 0.3) is 0 Å². The molecule has 2 heterocycles. The van der Waals surface area contributed by atoms with E-state index in [1.54, 1.807) is 4.90 Å². The van der Waals surface area contributed by atoms with Gasteiger partial charge in [-0.15, -0.1) is 0 Å². The molecule has 140 valence electrons. The van der Waals surface area contributed by atoms with E-state index >= 15 is 0 Å². The number of hydrogen-bond donors (Lipinski definition) is 4. The molecule has 2 rings (SSSR count). The van der Waals surface area contributed by atoms with Crippen LogP contribution in [0.2, 0.25) is 0 Å². The van der Waals surface area contributed by atoms with Crippen LogP contribution in [0.1, 0.15) is 16.9 Å². The molecule has 0 aliphatic carbocycles. The van der Waals surface area contributed by atoms with Gasteiger partial charge in [0.25, 0.3) is 5.91 Å². The molecule has 0 bridgehead atoms. The second kappa shape index (κ2) is 9.80. The number of nitrogens with one attached hydrogen (secondary N) is 2. The average Bonchev–Trinajstić information content (AvgIpc) is 2.66. The molecular weight excluding hydrogens is 345 g/mol. The predicted octanol–water partition coefficient (Wildman–Crippen LogP) is -3.05. The zero-order chi connectivity index (χ0) is 18.9. The summed E-state index contributed by atoms with van der Waals surface area (Å²) in [5.74, 6) is -1.70. The summed E-state index contributed by atoms with van der Waals surface area (Å²) in [5, 5.41) is 22.4. The maximum absolute atomic E-state index is 12.4. The summed E-state index contributed by atoms with van der Waals surface area (Å²) in [5.41, 5.74) is -0.00804. The summed E-state index contributed by atoms with van der Waals surface area (Å²) >= 11 is 0. The van der Waals surface area contributed by atoms with Gasteiger partial charge in [0, 0.05) is 25.5 Å². The second-order valence-corrected chi connectivity index (χ2v) is 5.54. The maximum atomic E-state index is 12.4. The van der Waals surface area contributed by atoms with Crippen LogP contribution in [0.3, 0.4) is 0 Å². The minimum Gasteiger partial charge on any atom is -0.426 e. The number of aromatic nitrogens is 2. The number of carbonyl (C=O) groups is 3. The van der Waals surface area contributed by atoms with Crippen molar-refractivity contribution in [3.63, 3.8) is 0 Å². The number of nitrogens with zero attached hydrogens (tertiary/aromatic N) is 3. The van der Waals surface area contributed by atoms with Crippen LogP contribution in [0.5, 0.6) is 0 Å². The Labute approximate surface area is 149 Å². The Morgan fingerprint density at radius 2 is 2.00 bits per heavy atom. The Morgan fingerprint density at radius 3 is 2.62 bits per heavy atom. The normalized spacial score (nSPS) is 15.1. The molecule has 1 saturated heterocycles. The van der Waals surface area contributed by atoms with E-state index in [2.05, 4.69) is 20.6 Å². The van der Waals surface area contributed by atoms with Gasteiger partial charge in [-0.2, -0.15) is 0 Å². The maximum Gasteiger partial charge on any atom is 0.472 e. The molecule has 12 heteroatoms. The van der Waals surface area contributed by atoms with Crippen LogP contribution in [0.15, 0.2) is 18.6 Å². The van der Waals surface area contributed by atoms with Crippen LogP contribution in [-0.2, 0) is 14.3 Å². The molecule has 1 aromatic heterocycles. The fraction of sp³-hybridized carbons (Fsp3) is 0.500. The molecule has 0 spiro atoms. The molecule has 0 unspecified atom stereocenters. The molecule has 26 heavy (non-hydrogen) atoms. The van der Waals surface area contributed by atoms with Crippen molar-refractivity contribution >= 4 is 24.8 Å². The second-order valence-electron chi connectivity index (χ2n) is 5.54. The molecule has 3 amide bonds. The van der Waals surface area contributed by atoms with Gasteiger partial charge in [0.05, 0.1) is 32.3 Å². The lowest BCUT2D eigenvalue weighted by Gasteiger charge is -2.28. The number of rotatable bonds is 7. The van der Waals surface area contributed by atoms with Crippen molar-refractivity contribution < 1.29 is 29.2 Å². The predicted molar refractivity (Wildman–Crippen MR) is 88.5 cm³/mol. The van der Waals surface area contributed by atoms with Crippen LogP contribution in [-0.4, -0.2) is 88.5 Å². The first-order valence-electron chi connectivity index (χ1n) is 8.03. The Hall–Kier alpha value is -2.57. The molecule has 0 saturated carbocycles. The average molecular weight is 365 g/mol. The lowest BCUT2D eigenvalue weighted by Crippen LogP contribution is -2.52. The number of morpholine rings is 1. The van der Waals surface area contributed by atoms with Crippen LogP contribution < -0.4 is 10.6 Å². The summed E-state index contributed by atoms with van der Waals surface area (Å²) in [6, 6.07) is -1.20. The number of carbonyl (C=O) groups excluding carboxylic acids is 3. The van der Waals surface area contributed by atoms with E-state index in [9.17, 15) is 14.4 Å². The van der Waals surface area contributed by atoms with Crippen molar-refractivity contribution in [2.45, 2.75) is 12.5 Å². The van der Waals surface area contributed by atoms with E-state index < -0.39 is 31.4 Å². The third kappa shape index (κ3) is 6.06. The van der Waals surface area contributed by atoms with Crippen molar-refractivity contribution in [1.82, 2.24) is 25.5 Å². The lowest BCUT2D eigenvalue weighted by atomic mass is 9.92. The van der Waals surface area contributed by atoms with E-state index in [4.69, 9.17) is 14.8 Å². The topological polar surface area (TPSA) is 154 Å². The summed E-state index contributed by atoms with van der Waals surface area (Å²) in [7, 11) is -1.75. The smallest absolute Gasteiger partial charge is 0.426 e. The van der Waals surface area contributed by atoms with Gasteiger partial charge in [0.15, 0.2) is 0 Å². The largest absolute Gasteiger partial charge is 0.472 e. The molecule has 0 aromatic carbocycles. The molecular formula is C14H20BN5O6. The third-order valence-electron chi connectivity index (χ3n) is 3.62. The van der Waals surface area contributed by atoms with Gasteiger partial charge in [-0.1, -0.05) is 0 Å². The van der Waals surface area contributed by atoms with E-state index in [0.29, 0.717) is 26.3 Å². The fourth-order valence-electron chi connectivity index (χ4n) is 2.29. The van der Waals surface area contributed by atoms with Crippen molar-refractivity contribution in [2.24, 2.45) is 0 Å². The molecule has 1 aromatic rings. The minimum atomic E-state index is -1.75. The first kappa shape index (κ1) is 19.8. The zero-order valence-electron chi connectivity index (χ0n) is 14.0. The Kier molecular flexibility index (Phi) is 7.44. The Balaban J connectivity index is 2.03. The summed E-state index contributed by atoms with van der Waals surface area (Å²) in [4.78, 5) is 46.0. The molecule has 1 aliphatic rings. The van der Waals surface area contributed by atoms with Crippen molar-refractivity contribution in [3.8, 4) is 0 Å². The summed E-state index contributed by atoms with van der Waals surface area (Å²) < 4.78 is 5.18. The lowest BCUT2D eigenvalue weighted by molar-refractivity contribution is -0.138. The summed E-state index contributed by atoms with van der Waals surface area (Å²) in [6.45, 7) is 1.62. The van der Waals surface area contributed by atoms with Crippen molar-refractivity contribution in [1.29, 1.82) is 0 Å². The third-order valence-corrected chi connectivity index (χ3v) is 3.62. The standard InChI is InChI=1S/C14H20BN5O6/c21-12(20-3-5-26-6-4-20)7-10(13(22)18-9-15(24)25)19-14(23)11-8-16-1-2-17-11/h1-2,8,10,24-25H,3-7,9H2,(H,18,22)(H,19,23)/t10-/m1/s1. The van der Waals surface area contributed by atoms with Crippen LogP contribution >= 0.6 is 0 Å². The van der Waals surface area contributed by atoms with Gasteiger partial charge in [-0.3, -0.25) is 19.4 Å². The SMILES string of the molecule is O=C(N[C@H](CC(=O)N1CCOCC1)C(=O)NCB(O)O)c1cnccn1. The minimum absolute atomic E-state index is 0.00804. The molecule has 0 radical (unpaired) electrons. The molecule has 11 nitrogen and oxygen atoms in total. The molecule has 1 atom stereocenters. The Bertz CT molecular complexity index is 626. The highest BCUT2D eigenvalue weighted by Crippen LogP contribution is 2.04. The van der Waals surface area contributed by atoms with Crippen LogP contribution in [0, 0.1) is 0 Å². The quantitative estimate of drug-likeness (QED) is 0.372. The van der Waals surface area contributed by atoms with Crippen molar-refractivity contribution in [2.75, 3.05) is 32.7 Å². The zero-order valence-corrected chi connectivity index (χ0v) is 14.0. The number of ether oxygens (including phenoxy) is 1. The van der Waals surface area contributed by atoms with Gasteiger partial charge >= 0.3 is 7.12 Å². The van der Waals surface area contributed by atoms with Gasteiger partial charge < -0.3 is 30.3 Å².